The molecular weight excluding hydrogens is 245 g/mol. The number of nitrogens with two attached hydrogens (primary N) is 1. The predicted molar refractivity (Wildman–Crippen MR) is 72.4 cm³/mol. The number of nitrogens with one attached hydrogen (secondary N) is 1. The fourth-order valence-corrected chi connectivity index (χ4v) is 1.70. The topological polar surface area (TPSA) is 68.0 Å². The van der Waals surface area contributed by atoms with Crippen LogP contribution in [0.25, 0.3) is 0 Å². The van der Waals surface area contributed by atoms with E-state index in [9.17, 15) is 9.18 Å². The zero-order valence-electron chi connectivity index (χ0n) is 10.5. The lowest BCUT2D eigenvalue weighted by atomic mass is 10.1. The Balaban J connectivity index is 2.23. The van der Waals surface area contributed by atoms with Crippen LogP contribution in [0.3, 0.4) is 0 Å². The molecular formula is C14H14FN3O. The summed E-state index contributed by atoms with van der Waals surface area (Å²) in [4.78, 5) is 15.6. The Kier molecular flexibility index (Phi) is 3.75. The van der Waals surface area contributed by atoms with Gasteiger partial charge in [0.15, 0.2) is 0 Å². The molecule has 0 atom stereocenters. The minimum atomic E-state index is -0.596. The van der Waals surface area contributed by atoms with Gasteiger partial charge in [0.05, 0.1) is 11.8 Å². The first-order valence-corrected chi connectivity index (χ1v) is 5.91. The summed E-state index contributed by atoms with van der Waals surface area (Å²) in [5.41, 5.74) is 7.34. The van der Waals surface area contributed by atoms with Crippen LogP contribution in [0, 0.1) is 5.82 Å². The second-order valence-electron chi connectivity index (χ2n) is 4.09. The SMILES string of the molecule is CCc1cccc(NC(=O)c2cc(F)cnc2N)c1. The van der Waals surface area contributed by atoms with Crippen molar-refractivity contribution in [2.45, 2.75) is 13.3 Å². The third-order valence-corrected chi connectivity index (χ3v) is 2.72. The molecule has 2 rings (SSSR count). The van der Waals surface area contributed by atoms with Crippen LogP contribution in [0.5, 0.6) is 0 Å². The number of carbonyl (C=O) groups is 1. The van der Waals surface area contributed by atoms with E-state index in [0.29, 0.717) is 5.69 Å². The van der Waals surface area contributed by atoms with Gasteiger partial charge in [-0.15, -0.1) is 0 Å². The molecule has 0 fully saturated rings. The average molecular weight is 259 g/mol. The van der Waals surface area contributed by atoms with Crippen LogP contribution in [0.2, 0.25) is 0 Å². The van der Waals surface area contributed by atoms with E-state index in [1.807, 2.05) is 25.1 Å². The molecule has 4 nitrogen and oxygen atoms in total. The van der Waals surface area contributed by atoms with Crippen molar-refractivity contribution in [1.82, 2.24) is 4.98 Å². The molecule has 0 radical (unpaired) electrons. The minimum Gasteiger partial charge on any atom is -0.383 e. The van der Waals surface area contributed by atoms with Gasteiger partial charge in [-0.25, -0.2) is 9.37 Å². The second-order valence-corrected chi connectivity index (χ2v) is 4.09. The first-order chi connectivity index (χ1) is 9.10. The molecule has 5 heteroatoms. The summed E-state index contributed by atoms with van der Waals surface area (Å²) in [7, 11) is 0. The van der Waals surface area contributed by atoms with Gasteiger partial charge in [0, 0.05) is 5.69 Å². The zero-order chi connectivity index (χ0) is 13.8. The number of carbonyl (C=O) groups excluding carboxylic acids is 1. The van der Waals surface area contributed by atoms with Crippen molar-refractivity contribution < 1.29 is 9.18 Å². The summed E-state index contributed by atoms with van der Waals surface area (Å²) in [6.45, 7) is 2.02. The van der Waals surface area contributed by atoms with Crippen LogP contribution in [0.1, 0.15) is 22.8 Å². The highest BCUT2D eigenvalue weighted by Gasteiger charge is 2.12. The minimum absolute atomic E-state index is 0.00514. The maximum atomic E-state index is 13.1. The van der Waals surface area contributed by atoms with Gasteiger partial charge in [0.1, 0.15) is 11.6 Å². The highest BCUT2D eigenvalue weighted by Crippen LogP contribution is 2.15. The third kappa shape index (κ3) is 3.07. The van der Waals surface area contributed by atoms with E-state index in [1.54, 1.807) is 6.07 Å². The number of rotatable bonds is 3. The van der Waals surface area contributed by atoms with Crippen molar-refractivity contribution in [2.75, 3.05) is 11.1 Å². The number of hydrogen-bond donors (Lipinski definition) is 2. The van der Waals surface area contributed by atoms with E-state index in [1.165, 1.54) is 0 Å². The fourth-order valence-electron chi connectivity index (χ4n) is 1.70. The molecule has 0 aliphatic rings. The monoisotopic (exact) mass is 259 g/mol. The Morgan fingerprint density at radius 3 is 2.95 bits per heavy atom. The zero-order valence-corrected chi connectivity index (χ0v) is 10.5. The summed E-state index contributed by atoms with van der Waals surface area (Å²) in [5.74, 6) is -1.06. The average Bonchev–Trinajstić information content (AvgIpc) is 2.41. The predicted octanol–water partition coefficient (Wildman–Crippen LogP) is 2.62. The van der Waals surface area contributed by atoms with Gasteiger partial charge < -0.3 is 11.1 Å². The number of amides is 1. The molecule has 1 heterocycles. The first kappa shape index (κ1) is 13.0. The lowest BCUT2D eigenvalue weighted by molar-refractivity contribution is 0.102. The summed E-state index contributed by atoms with van der Waals surface area (Å²) >= 11 is 0. The van der Waals surface area contributed by atoms with Crippen molar-refractivity contribution in [2.24, 2.45) is 0 Å². The van der Waals surface area contributed by atoms with Crippen LogP contribution in [-0.2, 0) is 6.42 Å². The highest BCUT2D eigenvalue weighted by molar-refractivity contribution is 6.07. The van der Waals surface area contributed by atoms with Gasteiger partial charge in [-0.2, -0.15) is 0 Å². The number of halogens is 1. The van der Waals surface area contributed by atoms with Crippen molar-refractivity contribution in [1.29, 1.82) is 0 Å². The standard InChI is InChI=1S/C14H14FN3O/c1-2-9-4-3-5-11(6-9)18-14(19)12-7-10(15)8-17-13(12)16/h3-8H,2H2,1H3,(H2,16,17)(H,18,19). The van der Waals surface area contributed by atoms with Crippen molar-refractivity contribution >= 4 is 17.4 Å². The van der Waals surface area contributed by atoms with Crippen molar-refractivity contribution in [3.8, 4) is 0 Å². The molecule has 1 aromatic heterocycles. The fraction of sp³-hybridized carbons (Fsp3) is 0.143. The second kappa shape index (κ2) is 5.48. The van der Waals surface area contributed by atoms with E-state index < -0.39 is 11.7 Å². The molecule has 0 aliphatic carbocycles. The molecule has 0 saturated carbocycles. The molecule has 1 aromatic carbocycles. The van der Waals surface area contributed by atoms with E-state index in [2.05, 4.69) is 10.3 Å². The molecule has 19 heavy (non-hydrogen) atoms. The van der Waals surface area contributed by atoms with E-state index in [4.69, 9.17) is 5.73 Å². The molecule has 98 valence electrons. The largest absolute Gasteiger partial charge is 0.383 e. The number of nitrogen functional groups attached to an aromatic ring is 1. The Bertz CT molecular complexity index is 613. The molecule has 0 saturated heterocycles. The summed E-state index contributed by atoms with van der Waals surface area (Å²) in [6.07, 6.45) is 1.84. The van der Waals surface area contributed by atoms with E-state index in [0.717, 1.165) is 24.2 Å². The summed E-state index contributed by atoms with van der Waals surface area (Å²) in [6, 6.07) is 8.51. The van der Waals surface area contributed by atoms with Crippen molar-refractivity contribution in [3.05, 3.63) is 53.5 Å². The lowest BCUT2D eigenvalue weighted by Gasteiger charge is -2.08. The quantitative estimate of drug-likeness (QED) is 0.890. The number of aromatic nitrogens is 1. The molecule has 0 unspecified atom stereocenters. The van der Waals surface area contributed by atoms with Crippen LogP contribution in [0.15, 0.2) is 36.5 Å². The Morgan fingerprint density at radius 2 is 2.21 bits per heavy atom. The van der Waals surface area contributed by atoms with Gasteiger partial charge in [0.25, 0.3) is 5.91 Å². The number of benzene rings is 1. The smallest absolute Gasteiger partial charge is 0.259 e. The van der Waals surface area contributed by atoms with Crippen LogP contribution in [-0.4, -0.2) is 10.9 Å². The number of pyridine rings is 1. The molecule has 0 aliphatic heterocycles. The maximum Gasteiger partial charge on any atom is 0.259 e. The van der Waals surface area contributed by atoms with Crippen LogP contribution >= 0.6 is 0 Å². The van der Waals surface area contributed by atoms with E-state index in [-0.39, 0.29) is 11.4 Å². The Hall–Kier alpha value is -2.43. The number of hydrogen-bond acceptors (Lipinski definition) is 3. The van der Waals surface area contributed by atoms with Gasteiger partial charge in [-0.1, -0.05) is 19.1 Å². The van der Waals surface area contributed by atoms with Gasteiger partial charge in [0.2, 0.25) is 0 Å². The van der Waals surface area contributed by atoms with Crippen LogP contribution < -0.4 is 11.1 Å². The highest BCUT2D eigenvalue weighted by atomic mass is 19.1. The molecule has 0 bridgehead atoms. The molecule has 1 amide bonds. The third-order valence-electron chi connectivity index (χ3n) is 2.72. The maximum absolute atomic E-state index is 13.1. The van der Waals surface area contributed by atoms with Gasteiger partial charge in [-0.05, 0) is 30.2 Å². The summed E-state index contributed by atoms with van der Waals surface area (Å²) < 4.78 is 13.1. The van der Waals surface area contributed by atoms with Crippen molar-refractivity contribution in [3.63, 3.8) is 0 Å². The molecule has 2 aromatic rings. The Morgan fingerprint density at radius 1 is 1.42 bits per heavy atom. The van der Waals surface area contributed by atoms with Crippen LogP contribution in [0.4, 0.5) is 15.9 Å². The Labute approximate surface area is 110 Å². The lowest BCUT2D eigenvalue weighted by Crippen LogP contribution is -2.15. The first-order valence-electron chi connectivity index (χ1n) is 5.91. The van der Waals surface area contributed by atoms with Gasteiger partial charge in [-0.3, -0.25) is 4.79 Å². The van der Waals surface area contributed by atoms with Gasteiger partial charge >= 0.3 is 0 Å². The number of aryl methyl sites for hydroxylation is 1. The normalized spacial score (nSPS) is 10.2. The number of nitrogens with zero attached hydrogens (tertiary/aromatic N) is 1. The van der Waals surface area contributed by atoms with E-state index >= 15 is 0 Å². The molecule has 3 N–H and O–H groups in total. The molecule has 0 spiro atoms. The number of anilines is 2. The summed E-state index contributed by atoms with van der Waals surface area (Å²) in [5, 5.41) is 2.68.